The molecule has 0 amide bonds. The number of ether oxygens (including phenoxy) is 1. The third kappa shape index (κ3) is 4.11. The molecule has 1 saturated heterocycles. The van der Waals surface area contributed by atoms with E-state index in [0.717, 1.165) is 30.2 Å². The summed E-state index contributed by atoms with van der Waals surface area (Å²) in [6, 6.07) is 7.95. The van der Waals surface area contributed by atoms with Crippen molar-refractivity contribution in [2.75, 3.05) is 24.6 Å². The number of ketones is 1. The van der Waals surface area contributed by atoms with Crippen molar-refractivity contribution in [1.82, 2.24) is 14.4 Å². The van der Waals surface area contributed by atoms with Gasteiger partial charge in [-0.05, 0) is 63.3 Å². The van der Waals surface area contributed by atoms with Gasteiger partial charge in [0.2, 0.25) is 0 Å². The van der Waals surface area contributed by atoms with Gasteiger partial charge in [0.25, 0.3) is 0 Å². The molecule has 1 aliphatic heterocycles. The molecule has 0 N–H and O–H groups in total. The lowest BCUT2D eigenvalue weighted by Gasteiger charge is -2.27. The molecular weight excluding hydrogens is 364 g/mol. The Hall–Kier alpha value is -2.89. The Morgan fingerprint density at radius 1 is 1.17 bits per heavy atom. The van der Waals surface area contributed by atoms with Gasteiger partial charge in [-0.2, -0.15) is 0 Å². The zero-order valence-corrected chi connectivity index (χ0v) is 17.2. The van der Waals surface area contributed by atoms with Gasteiger partial charge in [0.05, 0.1) is 12.3 Å². The van der Waals surface area contributed by atoms with E-state index in [1.165, 1.54) is 19.3 Å². The minimum Gasteiger partial charge on any atom is -0.490 e. The smallest absolute Gasteiger partial charge is 0.181 e. The average Bonchev–Trinajstić information content (AvgIpc) is 3.10. The zero-order valence-electron chi connectivity index (χ0n) is 17.2. The monoisotopic (exact) mass is 392 g/mol. The molecule has 0 atom stereocenters. The summed E-state index contributed by atoms with van der Waals surface area (Å²) in [5.74, 6) is 1.83. The SMILES string of the molecule is CCOc1cccn2c(C(=O)CCc3ccc(N4CCCCC4)nc3)c(C)nc12. The number of aromatic nitrogens is 3. The van der Waals surface area contributed by atoms with Gasteiger partial charge in [0.1, 0.15) is 11.5 Å². The van der Waals surface area contributed by atoms with Crippen LogP contribution in [0, 0.1) is 6.92 Å². The first kappa shape index (κ1) is 19.4. The van der Waals surface area contributed by atoms with Crippen molar-refractivity contribution in [1.29, 1.82) is 0 Å². The number of aryl methyl sites for hydroxylation is 2. The quantitative estimate of drug-likeness (QED) is 0.563. The maximum atomic E-state index is 13.0. The van der Waals surface area contributed by atoms with Crippen LogP contribution in [-0.2, 0) is 6.42 Å². The van der Waals surface area contributed by atoms with Crippen LogP contribution in [0.4, 0.5) is 5.82 Å². The second kappa shape index (κ2) is 8.64. The van der Waals surface area contributed by atoms with Crippen LogP contribution < -0.4 is 9.64 Å². The number of pyridine rings is 2. The van der Waals surface area contributed by atoms with Crippen LogP contribution in [0.3, 0.4) is 0 Å². The Morgan fingerprint density at radius 2 is 2.00 bits per heavy atom. The van der Waals surface area contributed by atoms with E-state index in [1.807, 2.05) is 42.8 Å². The molecule has 0 bridgehead atoms. The summed E-state index contributed by atoms with van der Waals surface area (Å²) in [4.78, 5) is 24.5. The standard InChI is InChI=1S/C23H28N4O2/c1-3-29-20-8-7-15-27-22(17(2)25-23(20)27)19(28)11-9-18-10-12-21(24-16-18)26-13-5-4-6-14-26/h7-8,10,12,15-16H,3-6,9,11,13-14H2,1-2H3. The van der Waals surface area contributed by atoms with Crippen LogP contribution >= 0.6 is 0 Å². The molecule has 1 aliphatic rings. The molecule has 0 aliphatic carbocycles. The fourth-order valence-electron chi connectivity index (χ4n) is 4.01. The molecule has 0 spiro atoms. The van der Waals surface area contributed by atoms with Gasteiger partial charge in [-0.1, -0.05) is 6.07 Å². The van der Waals surface area contributed by atoms with E-state index in [1.54, 1.807) is 0 Å². The largest absolute Gasteiger partial charge is 0.490 e. The summed E-state index contributed by atoms with van der Waals surface area (Å²) in [6.07, 6.45) is 8.67. The molecule has 4 heterocycles. The lowest BCUT2D eigenvalue weighted by Crippen LogP contribution is -2.30. The van der Waals surface area contributed by atoms with Crippen molar-refractivity contribution in [3.05, 3.63) is 53.6 Å². The first-order chi connectivity index (χ1) is 14.2. The molecule has 0 unspecified atom stereocenters. The third-order valence-corrected chi connectivity index (χ3v) is 5.48. The summed E-state index contributed by atoms with van der Waals surface area (Å²) in [7, 11) is 0. The second-order valence-electron chi connectivity index (χ2n) is 7.54. The van der Waals surface area contributed by atoms with E-state index < -0.39 is 0 Å². The highest BCUT2D eigenvalue weighted by Crippen LogP contribution is 2.23. The number of anilines is 1. The van der Waals surface area contributed by atoms with Gasteiger partial charge >= 0.3 is 0 Å². The molecule has 1 fully saturated rings. The van der Waals surface area contributed by atoms with E-state index in [-0.39, 0.29) is 5.78 Å². The lowest BCUT2D eigenvalue weighted by molar-refractivity contribution is 0.0976. The van der Waals surface area contributed by atoms with Crippen LogP contribution in [0.5, 0.6) is 5.75 Å². The van der Waals surface area contributed by atoms with Crippen LogP contribution in [0.15, 0.2) is 36.7 Å². The van der Waals surface area contributed by atoms with Gasteiger partial charge in [0, 0.05) is 31.9 Å². The fourth-order valence-corrected chi connectivity index (χ4v) is 4.01. The van der Waals surface area contributed by atoms with Crippen LogP contribution in [0.2, 0.25) is 0 Å². The van der Waals surface area contributed by atoms with Crippen molar-refractivity contribution in [2.45, 2.75) is 46.0 Å². The number of carbonyl (C=O) groups excluding carboxylic acids is 1. The highest BCUT2D eigenvalue weighted by Gasteiger charge is 2.19. The Balaban J connectivity index is 1.46. The summed E-state index contributed by atoms with van der Waals surface area (Å²) >= 11 is 0. The molecule has 3 aromatic heterocycles. The summed E-state index contributed by atoms with van der Waals surface area (Å²) in [5.41, 5.74) is 3.16. The average molecular weight is 393 g/mol. The van der Waals surface area contributed by atoms with Gasteiger partial charge in [-0.25, -0.2) is 9.97 Å². The van der Waals surface area contributed by atoms with Gasteiger partial charge in [-0.15, -0.1) is 0 Å². The number of hydrogen-bond donors (Lipinski definition) is 0. The van der Waals surface area contributed by atoms with Crippen molar-refractivity contribution < 1.29 is 9.53 Å². The maximum absolute atomic E-state index is 13.0. The first-order valence-corrected chi connectivity index (χ1v) is 10.5. The first-order valence-electron chi connectivity index (χ1n) is 10.5. The maximum Gasteiger partial charge on any atom is 0.181 e. The number of fused-ring (bicyclic) bond motifs is 1. The highest BCUT2D eigenvalue weighted by atomic mass is 16.5. The van der Waals surface area contributed by atoms with Crippen molar-refractivity contribution in [2.24, 2.45) is 0 Å². The Labute approximate surface area is 171 Å². The number of nitrogens with zero attached hydrogens (tertiary/aromatic N) is 4. The summed E-state index contributed by atoms with van der Waals surface area (Å²) in [5, 5.41) is 0. The molecule has 0 radical (unpaired) electrons. The lowest BCUT2D eigenvalue weighted by atomic mass is 10.1. The van der Waals surface area contributed by atoms with E-state index in [9.17, 15) is 4.79 Å². The van der Waals surface area contributed by atoms with Crippen LogP contribution in [0.25, 0.3) is 5.65 Å². The molecule has 29 heavy (non-hydrogen) atoms. The van der Waals surface area contributed by atoms with E-state index in [0.29, 0.717) is 36.5 Å². The molecule has 4 rings (SSSR count). The molecule has 6 nitrogen and oxygen atoms in total. The molecule has 0 saturated carbocycles. The van der Waals surface area contributed by atoms with Crippen molar-refractivity contribution in [3.8, 4) is 5.75 Å². The van der Waals surface area contributed by atoms with Crippen LogP contribution in [-0.4, -0.2) is 39.8 Å². The van der Waals surface area contributed by atoms with E-state index in [4.69, 9.17) is 4.74 Å². The highest BCUT2D eigenvalue weighted by molar-refractivity contribution is 5.96. The van der Waals surface area contributed by atoms with Crippen LogP contribution in [0.1, 0.15) is 54.4 Å². The third-order valence-electron chi connectivity index (χ3n) is 5.48. The summed E-state index contributed by atoms with van der Waals surface area (Å²) < 4.78 is 7.50. The molecule has 3 aromatic rings. The Bertz CT molecular complexity index is 988. The number of hydrogen-bond acceptors (Lipinski definition) is 5. The molecule has 152 valence electrons. The minimum absolute atomic E-state index is 0.0868. The van der Waals surface area contributed by atoms with Crippen molar-refractivity contribution >= 4 is 17.2 Å². The molecule has 6 heteroatoms. The number of carbonyl (C=O) groups is 1. The number of piperidine rings is 1. The number of Topliss-reactive ketones (excluding diaryl/α,β-unsaturated/α-hetero) is 1. The normalized spacial score (nSPS) is 14.3. The van der Waals surface area contributed by atoms with E-state index in [2.05, 4.69) is 27.0 Å². The van der Waals surface area contributed by atoms with Crippen molar-refractivity contribution in [3.63, 3.8) is 0 Å². The summed E-state index contributed by atoms with van der Waals surface area (Å²) in [6.45, 7) is 6.56. The minimum atomic E-state index is 0.0868. The fraction of sp³-hybridized carbons (Fsp3) is 0.435. The van der Waals surface area contributed by atoms with Gasteiger partial charge in [0.15, 0.2) is 17.2 Å². The predicted molar refractivity (Wildman–Crippen MR) is 114 cm³/mol. The Kier molecular flexibility index (Phi) is 5.79. The number of imidazole rings is 1. The Morgan fingerprint density at radius 3 is 2.72 bits per heavy atom. The van der Waals surface area contributed by atoms with Gasteiger partial charge < -0.3 is 9.64 Å². The second-order valence-corrected chi connectivity index (χ2v) is 7.54. The molecular formula is C23H28N4O2. The number of rotatable bonds is 7. The zero-order chi connectivity index (χ0) is 20.2. The predicted octanol–water partition coefficient (Wildman–Crippen LogP) is 4.24. The van der Waals surface area contributed by atoms with E-state index >= 15 is 0 Å². The molecule has 0 aromatic carbocycles. The topological polar surface area (TPSA) is 59.7 Å². The van der Waals surface area contributed by atoms with Gasteiger partial charge in [-0.3, -0.25) is 9.20 Å².